The minimum absolute atomic E-state index is 0. The quantitative estimate of drug-likeness (QED) is 0.843. The third kappa shape index (κ3) is 3.60. The molecule has 1 aromatic rings. The highest BCUT2D eigenvalue weighted by Gasteiger charge is 2.31. The van der Waals surface area contributed by atoms with Crippen LogP contribution in [0.2, 0.25) is 0 Å². The van der Waals surface area contributed by atoms with Gasteiger partial charge in [-0.05, 0) is 18.6 Å². The molecule has 1 atom stereocenters. The Hall–Kier alpha value is -1.82. The van der Waals surface area contributed by atoms with Crippen molar-refractivity contribution >= 4 is 29.9 Å². The maximum absolute atomic E-state index is 12.2. The number of hydrogen-bond acceptors (Lipinski definition) is 4. The summed E-state index contributed by atoms with van der Waals surface area (Å²) in [6, 6.07) is 3.09. The second-order valence-corrected chi connectivity index (χ2v) is 4.56. The van der Waals surface area contributed by atoms with Crippen LogP contribution in [0.1, 0.15) is 19.0 Å². The highest BCUT2D eigenvalue weighted by molar-refractivity contribution is 5.89. The summed E-state index contributed by atoms with van der Waals surface area (Å²) in [4.78, 5) is 29.7. The average molecular weight is 299 g/mol. The Kier molecular flexibility index (Phi) is 5.76. The minimum atomic E-state index is -0.366. The van der Waals surface area contributed by atoms with Gasteiger partial charge in [-0.25, -0.2) is 0 Å². The Bertz CT molecular complexity index is 478. The summed E-state index contributed by atoms with van der Waals surface area (Å²) < 4.78 is 0. The van der Waals surface area contributed by atoms with Crippen LogP contribution in [-0.2, 0) is 16.0 Å². The normalized spacial score (nSPS) is 18.1. The molecular formula is C13H19ClN4O2. The highest BCUT2D eigenvalue weighted by Crippen LogP contribution is 2.11. The first-order valence-corrected chi connectivity index (χ1v) is 6.39. The van der Waals surface area contributed by atoms with Crippen molar-refractivity contribution in [1.29, 1.82) is 0 Å². The van der Waals surface area contributed by atoms with Crippen molar-refractivity contribution in [3.63, 3.8) is 0 Å². The van der Waals surface area contributed by atoms with E-state index in [1.54, 1.807) is 17.0 Å². The number of amides is 2. The van der Waals surface area contributed by atoms with Gasteiger partial charge in [-0.1, -0.05) is 6.92 Å². The molecule has 0 saturated carbocycles. The van der Waals surface area contributed by atoms with E-state index in [2.05, 4.69) is 10.3 Å². The van der Waals surface area contributed by atoms with Crippen LogP contribution >= 0.6 is 12.4 Å². The van der Waals surface area contributed by atoms with Crippen molar-refractivity contribution in [2.45, 2.75) is 25.8 Å². The van der Waals surface area contributed by atoms with Gasteiger partial charge < -0.3 is 16.0 Å². The lowest BCUT2D eigenvalue weighted by Crippen LogP contribution is -2.57. The fraction of sp³-hybridized carbons (Fsp3) is 0.462. The van der Waals surface area contributed by atoms with Gasteiger partial charge in [0.25, 0.3) is 0 Å². The molecular weight excluding hydrogens is 280 g/mol. The molecule has 0 bridgehead atoms. The molecule has 20 heavy (non-hydrogen) atoms. The molecule has 1 aromatic heterocycles. The second-order valence-electron chi connectivity index (χ2n) is 4.56. The van der Waals surface area contributed by atoms with Gasteiger partial charge in [0.2, 0.25) is 11.8 Å². The Labute approximate surface area is 124 Å². The standard InChI is InChI=1S/C13H18N4O2.ClH/c1-2-11-13(19)15-5-6-17(11)12(18)7-10-4-3-9(14)8-16-10;/h3-4,8,11H,2,5-7,14H2,1H3,(H,15,19);1H. The van der Waals surface area contributed by atoms with Gasteiger partial charge in [0.1, 0.15) is 6.04 Å². The number of halogens is 1. The van der Waals surface area contributed by atoms with Crippen molar-refractivity contribution in [3.8, 4) is 0 Å². The number of aromatic nitrogens is 1. The lowest BCUT2D eigenvalue weighted by atomic mass is 10.1. The van der Waals surface area contributed by atoms with Crippen molar-refractivity contribution in [2.75, 3.05) is 18.8 Å². The molecule has 6 nitrogen and oxygen atoms in total. The van der Waals surface area contributed by atoms with Crippen LogP contribution < -0.4 is 11.1 Å². The van der Waals surface area contributed by atoms with Gasteiger partial charge in [0, 0.05) is 18.8 Å². The number of piperazine rings is 1. The molecule has 1 saturated heterocycles. The number of rotatable bonds is 3. The molecule has 2 rings (SSSR count). The summed E-state index contributed by atoms with van der Waals surface area (Å²) in [6.45, 7) is 2.96. The van der Waals surface area contributed by atoms with Crippen LogP contribution in [-0.4, -0.2) is 40.8 Å². The van der Waals surface area contributed by atoms with E-state index >= 15 is 0 Å². The largest absolute Gasteiger partial charge is 0.397 e. The lowest BCUT2D eigenvalue weighted by Gasteiger charge is -2.34. The molecule has 1 unspecified atom stereocenters. The third-order valence-corrected chi connectivity index (χ3v) is 3.22. The first kappa shape index (κ1) is 16.2. The van der Waals surface area contributed by atoms with E-state index in [1.165, 1.54) is 6.20 Å². The fourth-order valence-electron chi connectivity index (χ4n) is 2.22. The zero-order chi connectivity index (χ0) is 13.8. The van der Waals surface area contributed by atoms with E-state index in [0.717, 1.165) is 0 Å². The van der Waals surface area contributed by atoms with Crippen LogP contribution in [0.25, 0.3) is 0 Å². The van der Waals surface area contributed by atoms with E-state index in [4.69, 9.17) is 5.73 Å². The van der Waals surface area contributed by atoms with E-state index in [9.17, 15) is 9.59 Å². The Morgan fingerprint density at radius 1 is 1.55 bits per heavy atom. The summed E-state index contributed by atoms with van der Waals surface area (Å²) in [5.74, 6) is -0.147. The fourth-order valence-corrected chi connectivity index (χ4v) is 2.22. The Morgan fingerprint density at radius 2 is 2.30 bits per heavy atom. The summed E-state index contributed by atoms with van der Waals surface area (Å²) in [5, 5.41) is 2.77. The van der Waals surface area contributed by atoms with Crippen LogP contribution in [0.5, 0.6) is 0 Å². The molecule has 2 heterocycles. The van der Waals surface area contributed by atoms with E-state index in [0.29, 0.717) is 30.9 Å². The number of nitrogens with zero attached hydrogens (tertiary/aromatic N) is 2. The highest BCUT2D eigenvalue weighted by atomic mass is 35.5. The topological polar surface area (TPSA) is 88.3 Å². The molecule has 7 heteroatoms. The number of carbonyl (C=O) groups is 2. The lowest BCUT2D eigenvalue weighted by molar-refractivity contribution is -0.142. The predicted molar refractivity (Wildman–Crippen MR) is 78.4 cm³/mol. The first-order valence-electron chi connectivity index (χ1n) is 6.39. The molecule has 0 radical (unpaired) electrons. The molecule has 3 N–H and O–H groups in total. The van der Waals surface area contributed by atoms with Gasteiger partial charge in [0.05, 0.1) is 18.3 Å². The van der Waals surface area contributed by atoms with E-state index in [1.807, 2.05) is 6.92 Å². The molecule has 1 fully saturated rings. The monoisotopic (exact) mass is 298 g/mol. The smallest absolute Gasteiger partial charge is 0.242 e. The van der Waals surface area contributed by atoms with Gasteiger partial charge in [-0.15, -0.1) is 12.4 Å². The maximum Gasteiger partial charge on any atom is 0.242 e. The predicted octanol–water partition coefficient (Wildman–Crippen LogP) is 0.365. The maximum atomic E-state index is 12.2. The number of nitrogens with one attached hydrogen (secondary N) is 1. The Morgan fingerprint density at radius 3 is 2.90 bits per heavy atom. The average Bonchev–Trinajstić information content (AvgIpc) is 2.41. The summed E-state index contributed by atoms with van der Waals surface area (Å²) in [5.41, 5.74) is 6.79. The van der Waals surface area contributed by atoms with Gasteiger partial charge in [-0.3, -0.25) is 14.6 Å². The molecule has 2 amide bonds. The second kappa shape index (κ2) is 7.09. The Balaban J connectivity index is 0.00000200. The van der Waals surface area contributed by atoms with Crippen LogP contribution in [0, 0.1) is 0 Å². The summed E-state index contributed by atoms with van der Waals surface area (Å²) in [6.07, 6.45) is 2.35. The number of pyridine rings is 1. The minimum Gasteiger partial charge on any atom is -0.397 e. The molecule has 0 aliphatic carbocycles. The van der Waals surface area contributed by atoms with Crippen LogP contribution in [0.15, 0.2) is 18.3 Å². The van der Waals surface area contributed by atoms with Crippen molar-refractivity contribution in [1.82, 2.24) is 15.2 Å². The summed E-state index contributed by atoms with van der Waals surface area (Å²) >= 11 is 0. The van der Waals surface area contributed by atoms with Crippen LogP contribution in [0.4, 0.5) is 5.69 Å². The zero-order valence-electron chi connectivity index (χ0n) is 11.3. The number of nitrogen functional groups attached to an aromatic ring is 1. The van der Waals surface area contributed by atoms with E-state index in [-0.39, 0.29) is 36.7 Å². The summed E-state index contributed by atoms with van der Waals surface area (Å²) in [7, 11) is 0. The molecule has 1 aliphatic rings. The van der Waals surface area contributed by atoms with E-state index < -0.39 is 0 Å². The number of nitrogens with two attached hydrogens (primary N) is 1. The number of hydrogen-bond donors (Lipinski definition) is 2. The number of anilines is 1. The third-order valence-electron chi connectivity index (χ3n) is 3.22. The SMILES string of the molecule is CCC1C(=O)NCCN1C(=O)Cc1ccc(N)cn1.Cl. The molecule has 0 aromatic carbocycles. The number of carbonyl (C=O) groups excluding carboxylic acids is 2. The van der Waals surface area contributed by atoms with Crippen LogP contribution in [0.3, 0.4) is 0 Å². The van der Waals surface area contributed by atoms with Gasteiger partial charge >= 0.3 is 0 Å². The van der Waals surface area contributed by atoms with Crippen molar-refractivity contribution in [3.05, 3.63) is 24.0 Å². The molecule has 110 valence electrons. The van der Waals surface area contributed by atoms with Crippen molar-refractivity contribution in [2.24, 2.45) is 0 Å². The van der Waals surface area contributed by atoms with Crippen molar-refractivity contribution < 1.29 is 9.59 Å². The molecule has 0 spiro atoms. The molecule has 1 aliphatic heterocycles. The zero-order valence-corrected chi connectivity index (χ0v) is 12.2. The van der Waals surface area contributed by atoms with Gasteiger partial charge in [-0.2, -0.15) is 0 Å². The van der Waals surface area contributed by atoms with Gasteiger partial charge in [0.15, 0.2) is 0 Å². The first-order chi connectivity index (χ1) is 9.11.